The molecule has 0 bridgehead atoms. The molecule has 36 heavy (non-hydrogen) atoms. The smallest absolute Gasteiger partial charge is 0.341 e. The maximum Gasteiger partial charge on any atom is 0.341 e. The largest absolute Gasteiger partial charge is 0.492 e. The number of hydrogen-bond acceptors (Lipinski definition) is 6. The Hall–Kier alpha value is -3.09. The number of carbonyl (C=O) groups is 1. The normalized spacial score (nSPS) is 18.3. The number of halogens is 1. The molecule has 0 unspecified atom stereocenters. The van der Waals surface area contributed by atoms with Crippen molar-refractivity contribution in [1.29, 1.82) is 0 Å². The van der Waals surface area contributed by atoms with Gasteiger partial charge in [-0.2, -0.15) is 0 Å². The number of carbonyl (C=O) groups excluding carboxylic acids is 1. The van der Waals surface area contributed by atoms with Gasteiger partial charge in [0.25, 0.3) is 10.0 Å². The molecule has 0 aliphatic carbocycles. The quantitative estimate of drug-likeness (QED) is 0.408. The molecule has 2 aromatic carbocycles. The summed E-state index contributed by atoms with van der Waals surface area (Å²) >= 11 is 0. The molecule has 0 N–H and O–H groups in total. The van der Waals surface area contributed by atoms with Crippen LogP contribution < -0.4 is 9.04 Å². The van der Waals surface area contributed by atoms with Gasteiger partial charge >= 0.3 is 5.97 Å². The minimum absolute atomic E-state index is 0.00682. The lowest BCUT2D eigenvalue weighted by atomic mass is 9.95. The molecule has 2 aliphatic rings. The number of nitrogens with zero attached hydrogens (tertiary/aromatic N) is 1. The molecule has 4 rings (SSSR count). The fraction of sp³-hybridized carbons (Fsp3) is 0.444. The molecule has 0 radical (unpaired) electrons. The van der Waals surface area contributed by atoms with Crippen LogP contribution in [-0.2, 0) is 32.3 Å². The number of rotatable bonds is 7. The van der Waals surface area contributed by atoms with Gasteiger partial charge in [0.15, 0.2) is 0 Å². The number of ether oxygens (including phenoxy) is 3. The number of fused-ring (bicyclic) bond motifs is 1. The van der Waals surface area contributed by atoms with E-state index < -0.39 is 27.9 Å². The molecular weight excluding hydrogens is 485 g/mol. The van der Waals surface area contributed by atoms with Gasteiger partial charge < -0.3 is 14.2 Å². The Balaban J connectivity index is 1.72. The van der Waals surface area contributed by atoms with Crippen LogP contribution in [0.5, 0.6) is 5.75 Å². The van der Waals surface area contributed by atoms with Gasteiger partial charge in [0.2, 0.25) is 0 Å². The van der Waals surface area contributed by atoms with Crippen molar-refractivity contribution in [2.75, 3.05) is 31.2 Å². The molecule has 0 saturated carbocycles. The van der Waals surface area contributed by atoms with E-state index in [1.54, 1.807) is 6.07 Å². The van der Waals surface area contributed by atoms with E-state index >= 15 is 0 Å². The Labute approximate surface area is 211 Å². The molecule has 1 saturated heterocycles. The molecule has 1 fully saturated rings. The summed E-state index contributed by atoms with van der Waals surface area (Å²) in [6.07, 6.45) is 8.81. The maximum absolute atomic E-state index is 14.7. The molecule has 2 aromatic rings. The Kier molecular flexibility index (Phi) is 7.86. The highest BCUT2D eigenvalue weighted by molar-refractivity contribution is 7.92. The second-order valence-electron chi connectivity index (χ2n) is 8.96. The fourth-order valence-corrected chi connectivity index (χ4v) is 6.32. The van der Waals surface area contributed by atoms with Crippen LogP contribution in [0.2, 0.25) is 0 Å². The summed E-state index contributed by atoms with van der Waals surface area (Å²) in [4.78, 5) is 12.4. The standard InChI is InChI=1S/C27H30FNO6S/c1-4-19-14-20-6-7-21(5-2)29(25(20)16-24(19)28)36(31,32)22-8-9-26(23(15-22)27(30)33-3)35-17-18-10-12-34-13-11-18/h2,8-9,14-16,18,21H,4,6-7,10-13,17H2,1,3H3/t21-/m0/s1. The number of hydrogen-bond donors (Lipinski definition) is 0. The zero-order valence-electron chi connectivity index (χ0n) is 20.5. The lowest BCUT2D eigenvalue weighted by Crippen LogP contribution is -2.43. The molecule has 192 valence electrons. The average Bonchev–Trinajstić information content (AvgIpc) is 2.90. The van der Waals surface area contributed by atoms with Crippen LogP contribution in [0.3, 0.4) is 0 Å². The molecule has 0 amide bonds. The van der Waals surface area contributed by atoms with Gasteiger partial charge in [0, 0.05) is 13.2 Å². The fourth-order valence-electron chi connectivity index (χ4n) is 4.66. The number of terminal acetylenes is 1. The second-order valence-corrected chi connectivity index (χ2v) is 10.8. The maximum atomic E-state index is 14.7. The number of sulfonamides is 1. The van der Waals surface area contributed by atoms with Gasteiger partial charge in [-0.25, -0.2) is 17.6 Å². The van der Waals surface area contributed by atoms with E-state index in [-0.39, 0.29) is 27.8 Å². The van der Waals surface area contributed by atoms with Crippen molar-refractivity contribution in [3.05, 3.63) is 52.8 Å². The van der Waals surface area contributed by atoms with Crippen LogP contribution >= 0.6 is 0 Å². The lowest BCUT2D eigenvalue weighted by Gasteiger charge is -2.35. The highest BCUT2D eigenvalue weighted by atomic mass is 32.2. The molecule has 0 aromatic heterocycles. The lowest BCUT2D eigenvalue weighted by molar-refractivity contribution is 0.0483. The van der Waals surface area contributed by atoms with Gasteiger partial charge in [-0.15, -0.1) is 6.42 Å². The second kappa shape index (κ2) is 10.9. The van der Waals surface area contributed by atoms with E-state index in [0.717, 1.165) is 17.1 Å². The molecule has 9 heteroatoms. The van der Waals surface area contributed by atoms with E-state index in [4.69, 9.17) is 20.6 Å². The summed E-state index contributed by atoms with van der Waals surface area (Å²) < 4.78 is 59.7. The monoisotopic (exact) mass is 515 g/mol. The molecule has 2 heterocycles. The van der Waals surface area contributed by atoms with Crippen LogP contribution in [0.15, 0.2) is 35.2 Å². The van der Waals surface area contributed by atoms with Crippen molar-refractivity contribution in [1.82, 2.24) is 0 Å². The number of benzene rings is 2. The first-order valence-electron chi connectivity index (χ1n) is 12.0. The zero-order valence-corrected chi connectivity index (χ0v) is 21.3. The van der Waals surface area contributed by atoms with Gasteiger partial charge in [-0.05, 0) is 73.4 Å². The summed E-state index contributed by atoms with van der Waals surface area (Å²) in [5.74, 6) is 1.84. The zero-order chi connectivity index (χ0) is 25.9. The highest BCUT2D eigenvalue weighted by Gasteiger charge is 2.37. The molecular formula is C27H30FNO6S. The van der Waals surface area contributed by atoms with E-state index in [2.05, 4.69) is 5.92 Å². The first kappa shape index (κ1) is 26.0. The van der Waals surface area contributed by atoms with Crippen LogP contribution in [0, 0.1) is 24.1 Å². The molecule has 0 spiro atoms. The van der Waals surface area contributed by atoms with Gasteiger partial charge in [0.1, 0.15) is 23.2 Å². The van der Waals surface area contributed by atoms with Crippen molar-refractivity contribution < 1.29 is 31.8 Å². The van der Waals surface area contributed by atoms with Gasteiger partial charge in [-0.1, -0.05) is 18.9 Å². The molecule has 1 atom stereocenters. The van der Waals surface area contributed by atoms with E-state index in [1.807, 2.05) is 6.92 Å². The van der Waals surface area contributed by atoms with Gasteiger partial charge in [-0.3, -0.25) is 4.31 Å². The minimum atomic E-state index is -4.25. The van der Waals surface area contributed by atoms with Crippen molar-refractivity contribution in [2.45, 2.75) is 50.0 Å². The summed E-state index contributed by atoms with van der Waals surface area (Å²) in [5, 5.41) is 0. The molecule has 2 aliphatic heterocycles. The minimum Gasteiger partial charge on any atom is -0.492 e. The number of esters is 1. The number of aryl methyl sites for hydroxylation is 2. The predicted molar refractivity (Wildman–Crippen MR) is 133 cm³/mol. The summed E-state index contributed by atoms with van der Waals surface area (Å²) in [6, 6.07) is 6.21. The van der Waals surface area contributed by atoms with Crippen LogP contribution in [-0.4, -0.2) is 47.4 Å². The van der Waals surface area contributed by atoms with Crippen LogP contribution in [0.4, 0.5) is 10.1 Å². The highest BCUT2D eigenvalue weighted by Crippen LogP contribution is 2.38. The van der Waals surface area contributed by atoms with Gasteiger partial charge in [0.05, 0.1) is 24.3 Å². The molecule has 7 nitrogen and oxygen atoms in total. The first-order chi connectivity index (χ1) is 17.3. The van der Waals surface area contributed by atoms with Crippen LogP contribution in [0.1, 0.15) is 47.7 Å². The van der Waals surface area contributed by atoms with Crippen LogP contribution in [0.25, 0.3) is 0 Å². The number of anilines is 1. The topological polar surface area (TPSA) is 82.1 Å². The third kappa shape index (κ3) is 5.06. The van der Waals surface area contributed by atoms with Crippen molar-refractivity contribution in [3.8, 4) is 18.1 Å². The van der Waals surface area contributed by atoms with Crippen molar-refractivity contribution >= 4 is 21.7 Å². The van der Waals surface area contributed by atoms with Crippen molar-refractivity contribution in [2.24, 2.45) is 5.92 Å². The summed E-state index contributed by atoms with van der Waals surface area (Å²) in [5.41, 5.74) is 1.45. The first-order valence-corrected chi connectivity index (χ1v) is 13.5. The summed E-state index contributed by atoms with van der Waals surface area (Å²) in [7, 11) is -3.03. The van der Waals surface area contributed by atoms with E-state index in [0.29, 0.717) is 50.2 Å². The van der Waals surface area contributed by atoms with Crippen molar-refractivity contribution in [3.63, 3.8) is 0 Å². The third-order valence-electron chi connectivity index (χ3n) is 6.76. The Morgan fingerprint density at radius 1 is 1.22 bits per heavy atom. The predicted octanol–water partition coefficient (Wildman–Crippen LogP) is 4.12. The number of methoxy groups -OCH3 is 1. The summed E-state index contributed by atoms with van der Waals surface area (Å²) in [6.45, 7) is 3.52. The third-order valence-corrected chi connectivity index (χ3v) is 8.58. The Morgan fingerprint density at radius 3 is 2.64 bits per heavy atom. The average molecular weight is 516 g/mol. The Morgan fingerprint density at radius 2 is 1.97 bits per heavy atom. The SMILES string of the molecule is C#C[C@H]1CCc2cc(CC)c(F)cc2N1S(=O)(=O)c1ccc(OCC2CCOCC2)c(C(=O)OC)c1. The van der Waals surface area contributed by atoms with E-state index in [1.165, 1.54) is 31.4 Å². The van der Waals surface area contributed by atoms with E-state index in [9.17, 15) is 17.6 Å². The Bertz CT molecular complexity index is 1280.